The molecule has 0 N–H and O–H groups in total. The maximum absolute atomic E-state index is 13.0. The number of esters is 1. The van der Waals surface area contributed by atoms with Crippen LogP contribution in [0.15, 0.2) is 79.0 Å². The summed E-state index contributed by atoms with van der Waals surface area (Å²) in [5.41, 5.74) is 2.33. The summed E-state index contributed by atoms with van der Waals surface area (Å²) in [7, 11) is 0. The second kappa shape index (κ2) is 7.98. The number of hydrogen-bond donors (Lipinski definition) is 0. The molecule has 142 valence electrons. The molecule has 0 radical (unpaired) electrons. The van der Waals surface area contributed by atoms with Gasteiger partial charge in [0.1, 0.15) is 5.82 Å². The molecule has 2 aromatic heterocycles. The van der Waals surface area contributed by atoms with Gasteiger partial charge in [-0.05, 0) is 48.5 Å². The minimum atomic E-state index is -0.642. The van der Waals surface area contributed by atoms with Gasteiger partial charge in [-0.2, -0.15) is 0 Å². The zero-order valence-corrected chi connectivity index (χ0v) is 15.2. The number of Topliss-reactive ketones (excluding diaryl/α,β-unsaturated/α-hetero) is 1. The van der Waals surface area contributed by atoms with E-state index in [0.717, 1.165) is 0 Å². The third-order valence-electron chi connectivity index (χ3n) is 4.36. The van der Waals surface area contributed by atoms with Gasteiger partial charge in [0, 0.05) is 17.1 Å². The highest BCUT2D eigenvalue weighted by Crippen LogP contribution is 2.24. The fraction of sp³-hybridized carbons (Fsp3) is 0.0435. The van der Waals surface area contributed by atoms with E-state index in [1.807, 2.05) is 12.1 Å². The number of nitrogens with zero attached hydrogens (tertiary/aromatic N) is 2. The average molecular weight is 386 g/mol. The number of pyridine rings is 2. The normalized spacial score (nSPS) is 10.7. The van der Waals surface area contributed by atoms with E-state index in [-0.39, 0.29) is 5.56 Å². The molecule has 2 heterocycles. The van der Waals surface area contributed by atoms with Crippen molar-refractivity contribution >= 4 is 22.7 Å². The topological polar surface area (TPSA) is 69.2 Å². The lowest BCUT2D eigenvalue weighted by atomic mass is 10.1. The van der Waals surface area contributed by atoms with Crippen molar-refractivity contribution in [3.63, 3.8) is 0 Å². The lowest BCUT2D eigenvalue weighted by molar-refractivity contribution is 0.0476. The summed E-state index contributed by atoms with van der Waals surface area (Å²) < 4.78 is 18.2. The number of ether oxygens (including phenoxy) is 1. The number of rotatable bonds is 5. The van der Waals surface area contributed by atoms with Gasteiger partial charge in [0.15, 0.2) is 12.4 Å². The van der Waals surface area contributed by atoms with E-state index in [0.29, 0.717) is 27.9 Å². The third kappa shape index (κ3) is 4.01. The van der Waals surface area contributed by atoms with Crippen LogP contribution < -0.4 is 0 Å². The molecule has 6 heteroatoms. The van der Waals surface area contributed by atoms with E-state index >= 15 is 0 Å². The minimum Gasteiger partial charge on any atom is -0.454 e. The molecule has 0 aliphatic rings. The van der Waals surface area contributed by atoms with Crippen LogP contribution in [0.5, 0.6) is 0 Å². The summed E-state index contributed by atoms with van der Waals surface area (Å²) in [6.07, 6.45) is 1.64. The Hall–Kier alpha value is -3.93. The Bertz CT molecular complexity index is 1190. The van der Waals surface area contributed by atoms with E-state index in [1.54, 1.807) is 42.6 Å². The Kier molecular flexibility index (Phi) is 5.07. The molecule has 0 fully saturated rings. The molecule has 5 nitrogen and oxygen atoms in total. The molecule has 0 atom stereocenters. The van der Waals surface area contributed by atoms with E-state index in [1.165, 1.54) is 24.3 Å². The molecule has 2 aromatic carbocycles. The molecule has 0 unspecified atom stereocenters. The lowest BCUT2D eigenvalue weighted by Gasteiger charge is -2.09. The SMILES string of the molecule is O=C(COC(=O)c1cc(-c2ccccn2)nc2ccccc12)c1ccc(F)cc1. The zero-order chi connectivity index (χ0) is 20.2. The fourth-order valence-corrected chi connectivity index (χ4v) is 2.92. The van der Waals surface area contributed by atoms with Crippen molar-refractivity contribution in [2.45, 2.75) is 0 Å². The maximum atomic E-state index is 13.0. The Morgan fingerprint density at radius 1 is 0.897 bits per heavy atom. The lowest BCUT2D eigenvalue weighted by Crippen LogP contribution is -2.15. The van der Waals surface area contributed by atoms with Crippen LogP contribution in [-0.4, -0.2) is 28.3 Å². The van der Waals surface area contributed by atoms with Gasteiger partial charge in [0.25, 0.3) is 0 Å². The molecule has 0 saturated carbocycles. The van der Waals surface area contributed by atoms with Crippen LogP contribution >= 0.6 is 0 Å². The summed E-state index contributed by atoms with van der Waals surface area (Å²) >= 11 is 0. The summed E-state index contributed by atoms with van der Waals surface area (Å²) in [6.45, 7) is -0.444. The van der Waals surface area contributed by atoms with Crippen LogP contribution in [0.25, 0.3) is 22.3 Å². The van der Waals surface area contributed by atoms with Gasteiger partial charge in [-0.25, -0.2) is 14.2 Å². The van der Waals surface area contributed by atoms with Gasteiger partial charge in [-0.1, -0.05) is 24.3 Å². The monoisotopic (exact) mass is 386 g/mol. The number of benzene rings is 2. The number of aromatic nitrogens is 2. The quantitative estimate of drug-likeness (QED) is 0.374. The smallest absolute Gasteiger partial charge is 0.339 e. The minimum absolute atomic E-state index is 0.271. The first kappa shape index (κ1) is 18.4. The maximum Gasteiger partial charge on any atom is 0.339 e. The third-order valence-corrected chi connectivity index (χ3v) is 4.36. The highest BCUT2D eigenvalue weighted by Gasteiger charge is 2.17. The first-order valence-electron chi connectivity index (χ1n) is 8.89. The van der Waals surface area contributed by atoms with Gasteiger partial charge in [-0.15, -0.1) is 0 Å². The van der Waals surface area contributed by atoms with Crippen LogP contribution in [0, 0.1) is 5.82 Å². The zero-order valence-electron chi connectivity index (χ0n) is 15.2. The molecule has 0 amide bonds. The standard InChI is InChI=1S/C23H15FN2O3/c24-16-10-8-15(9-11-16)22(27)14-29-23(28)18-13-21(20-7-3-4-12-25-20)26-19-6-2-1-5-17(18)19/h1-13H,14H2. The summed E-state index contributed by atoms with van der Waals surface area (Å²) in [5.74, 6) is -1.50. The summed E-state index contributed by atoms with van der Waals surface area (Å²) in [5, 5.41) is 0.617. The second-order valence-electron chi connectivity index (χ2n) is 6.29. The molecule has 4 aromatic rings. The number of ketones is 1. The Labute approximate surface area is 165 Å². The Balaban J connectivity index is 1.62. The number of para-hydroxylation sites is 1. The van der Waals surface area contributed by atoms with Crippen molar-refractivity contribution in [2.75, 3.05) is 6.61 Å². The number of fused-ring (bicyclic) bond motifs is 1. The Morgan fingerprint density at radius 3 is 2.41 bits per heavy atom. The highest BCUT2D eigenvalue weighted by atomic mass is 19.1. The van der Waals surface area contributed by atoms with Crippen LogP contribution in [0.2, 0.25) is 0 Å². The Morgan fingerprint density at radius 2 is 1.66 bits per heavy atom. The number of halogens is 1. The highest BCUT2D eigenvalue weighted by molar-refractivity contribution is 6.06. The van der Waals surface area contributed by atoms with Crippen LogP contribution in [0.1, 0.15) is 20.7 Å². The molecule has 0 bridgehead atoms. The summed E-state index contributed by atoms with van der Waals surface area (Å²) in [4.78, 5) is 33.8. The molecule has 0 saturated heterocycles. The number of carbonyl (C=O) groups excluding carboxylic acids is 2. The number of hydrogen-bond acceptors (Lipinski definition) is 5. The van der Waals surface area contributed by atoms with E-state index < -0.39 is 24.2 Å². The van der Waals surface area contributed by atoms with Crippen LogP contribution in [0.3, 0.4) is 0 Å². The van der Waals surface area contributed by atoms with Crippen molar-refractivity contribution in [1.29, 1.82) is 0 Å². The van der Waals surface area contributed by atoms with Gasteiger partial charge < -0.3 is 4.74 Å². The predicted molar refractivity (Wildman–Crippen MR) is 106 cm³/mol. The number of carbonyl (C=O) groups is 2. The van der Waals surface area contributed by atoms with Crippen molar-refractivity contribution in [3.05, 3.63) is 95.9 Å². The van der Waals surface area contributed by atoms with Crippen LogP contribution in [0.4, 0.5) is 4.39 Å². The molecule has 0 aliphatic carbocycles. The van der Waals surface area contributed by atoms with Crippen molar-refractivity contribution in [1.82, 2.24) is 9.97 Å². The van der Waals surface area contributed by atoms with Gasteiger partial charge >= 0.3 is 5.97 Å². The van der Waals surface area contributed by atoms with E-state index in [9.17, 15) is 14.0 Å². The average Bonchev–Trinajstić information content (AvgIpc) is 2.77. The molecular weight excluding hydrogens is 371 g/mol. The molecular formula is C23H15FN2O3. The molecule has 0 aliphatic heterocycles. The summed E-state index contributed by atoms with van der Waals surface area (Å²) in [6, 6.07) is 19.3. The van der Waals surface area contributed by atoms with Crippen molar-refractivity contribution in [2.24, 2.45) is 0 Å². The molecule has 4 rings (SSSR count). The fourth-order valence-electron chi connectivity index (χ4n) is 2.92. The van der Waals surface area contributed by atoms with Gasteiger partial charge in [0.05, 0.1) is 22.5 Å². The van der Waals surface area contributed by atoms with Gasteiger partial charge in [-0.3, -0.25) is 9.78 Å². The van der Waals surface area contributed by atoms with Crippen molar-refractivity contribution < 1.29 is 18.7 Å². The van der Waals surface area contributed by atoms with Crippen LogP contribution in [-0.2, 0) is 4.74 Å². The first-order valence-corrected chi connectivity index (χ1v) is 8.89. The van der Waals surface area contributed by atoms with E-state index in [2.05, 4.69) is 9.97 Å². The van der Waals surface area contributed by atoms with Crippen molar-refractivity contribution in [3.8, 4) is 11.4 Å². The molecule has 29 heavy (non-hydrogen) atoms. The van der Waals surface area contributed by atoms with E-state index in [4.69, 9.17) is 4.74 Å². The first-order chi connectivity index (χ1) is 14.1. The predicted octanol–water partition coefficient (Wildman–Crippen LogP) is 4.48. The molecule has 0 spiro atoms. The van der Waals surface area contributed by atoms with Gasteiger partial charge in [0.2, 0.25) is 0 Å². The largest absolute Gasteiger partial charge is 0.454 e. The second-order valence-corrected chi connectivity index (χ2v) is 6.29.